The quantitative estimate of drug-likeness (QED) is 0.867. The average Bonchev–Trinajstić information content (AvgIpc) is 2.62. The number of benzene rings is 1. The summed E-state index contributed by atoms with van der Waals surface area (Å²) in [5, 5.41) is 12.9. The van der Waals surface area contributed by atoms with Gasteiger partial charge in [0.05, 0.1) is 17.7 Å². The van der Waals surface area contributed by atoms with E-state index in [0.717, 1.165) is 0 Å². The molecule has 2 unspecified atom stereocenters. The van der Waals surface area contributed by atoms with Crippen LogP contribution in [0.25, 0.3) is 0 Å². The van der Waals surface area contributed by atoms with Crippen molar-refractivity contribution in [2.75, 3.05) is 5.32 Å². The summed E-state index contributed by atoms with van der Waals surface area (Å²) in [4.78, 5) is 11.8. The van der Waals surface area contributed by atoms with E-state index in [-0.39, 0.29) is 17.7 Å². The van der Waals surface area contributed by atoms with Crippen molar-refractivity contribution in [1.29, 1.82) is 0 Å². The van der Waals surface area contributed by atoms with Crippen molar-refractivity contribution < 1.29 is 14.3 Å². The van der Waals surface area contributed by atoms with Crippen molar-refractivity contribution >= 4 is 11.6 Å². The van der Waals surface area contributed by atoms with Crippen molar-refractivity contribution in [2.45, 2.75) is 39.2 Å². The molecule has 1 heterocycles. The molecular formula is C14H18FNO2. The van der Waals surface area contributed by atoms with Gasteiger partial charge in [0.25, 0.3) is 0 Å². The summed E-state index contributed by atoms with van der Waals surface area (Å²) in [5.74, 6) is -0.865. The second-order valence-corrected chi connectivity index (χ2v) is 5.10. The summed E-state index contributed by atoms with van der Waals surface area (Å²) in [6.45, 7) is 5.61. The summed E-state index contributed by atoms with van der Waals surface area (Å²) < 4.78 is 13.6. The number of amides is 1. The Labute approximate surface area is 106 Å². The number of nitrogens with one attached hydrogen (secondary N) is 1. The number of hydrogen-bond acceptors (Lipinski definition) is 2. The van der Waals surface area contributed by atoms with Crippen LogP contribution in [0.5, 0.6) is 0 Å². The molecular weight excluding hydrogens is 233 g/mol. The Balaban J connectivity index is 2.55. The molecule has 0 saturated heterocycles. The summed E-state index contributed by atoms with van der Waals surface area (Å²) in [6.07, 6.45) is -0.148. The van der Waals surface area contributed by atoms with Gasteiger partial charge in [-0.15, -0.1) is 0 Å². The number of hydrogen-bond donors (Lipinski definition) is 2. The van der Waals surface area contributed by atoms with Gasteiger partial charge in [0.15, 0.2) is 0 Å². The molecule has 3 nitrogen and oxygen atoms in total. The molecule has 18 heavy (non-hydrogen) atoms. The highest BCUT2D eigenvalue weighted by Crippen LogP contribution is 2.41. The SMILES string of the molecule is CCC1C(=O)Nc2c1cc(F)cc2C(O)C(C)C. The first-order valence-electron chi connectivity index (χ1n) is 6.28. The Bertz CT molecular complexity index is 485. The maximum atomic E-state index is 13.6. The van der Waals surface area contributed by atoms with Crippen molar-refractivity contribution in [1.82, 2.24) is 0 Å². The molecule has 0 aliphatic carbocycles. The Morgan fingerprint density at radius 3 is 2.67 bits per heavy atom. The number of halogens is 1. The Morgan fingerprint density at radius 2 is 2.11 bits per heavy atom. The molecule has 1 aliphatic rings. The van der Waals surface area contributed by atoms with Gasteiger partial charge < -0.3 is 10.4 Å². The largest absolute Gasteiger partial charge is 0.388 e. The van der Waals surface area contributed by atoms with Crippen LogP contribution >= 0.6 is 0 Å². The number of anilines is 1. The topological polar surface area (TPSA) is 49.3 Å². The highest BCUT2D eigenvalue weighted by Gasteiger charge is 2.33. The van der Waals surface area contributed by atoms with Crippen molar-refractivity contribution in [3.63, 3.8) is 0 Å². The standard InChI is InChI=1S/C14H18FNO2/c1-4-9-10-5-8(15)6-11(13(17)7(2)3)12(10)16-14(9)18/h5-7,9,13,17H,4H2,1-3H3,(H,16,18). The van der Waals surface area contributed by atoms with E-state index in [1.807, 2.05) is 20.8 Å². The Morgan fingerprint density at radius 1 is 1.44 bits per heavy atom. The lowest BCUT2D eigenvalue weighted by Gasteiger charge is -2.18. The Hall–Kier alpha value is -1.42. The molecule has 0 aromatic heterocycles. The zero-order valence-corrected chi connectivity index (χ0v) is 10.8. The number of fused-ring (bicyclic) bond motifs is 1. The van der Waals surface area contributed by atoms with E-state index in [2.05, 4.69) is 5.32 Å². The van der Waals surface area contributed by atoms with E-state index in [9.17, 15) is 14.3 Å². The van der Waals surface area contributed by atoms with E-state index < -0.39 is 11.9 Å². The van der Waals surface area contributed by atoms with Crippen LogP contribution in [-0.2, 0) is 4.79 Å². The van der Waals surface area contributed by atoms with E-state index in [4.69, 9.17) is 0 Å². The molecule has 4 heteroatoms. The number of carbonyl (C=O) groups is 1. The molecule has 98 valence electrons. The third kappa shape index (κ3) is 2.01. The van der Waals surface area contributed by atoms with E-state index in [1.165, 1.54) is 12.1 Å². The molecule has 0 fully saturated rings. The molecule has 0 bridgehead atoms. The van der Waals surface area contributed by atoms with Gasteiger partial charge in [0, 0.05) is 5.56 Å². The van der Waals surface area contributed by atoms with Crippen molar-refractivity contribution in [2.24, 2.45) is 5.92 Å². The monoisotopic (exact) mass is 251 g/mol. The molecule has 2 rings (SSSR count). The van der Waals surface area contributed by atoms with Crippen LogP contribution in [-0.4, -0.2) is 11.0 Å². The maximum Gasteiger partial charge on any atom is 0.232 e. The molecule has 1 amide bonds. The first-order valence-corrected chi connectivity index (χ1v) is 6.28. The lowest BCUT2D eigenvalue weighted by atomic mass is 9.92. The van der Waals surface area contributed by atoms with E-state index in [1.54, 1.807) is 0 Å². The van der Waals surface area contributed by atoms with Gasteiger partial charge in [-0.2, -0.15) is 0 Å². The third-order valence-corrected chi connectivity index (χ3v) is 3.46. The number of aliphatic hydroxyl groups is 1. The molecule has 0 spiro atoms. The lowest BCUT2D eigenvalue weighted by molar-refractivity contribution is -0.117. The lowest BCUT2D eigenvalue weighted by Crippen LogP contribution is -2.12. The summed E-state index contributed by atoms with van der Waals surface area (Å²) >= 11 is 0. The van der Waals surface area contributed by atoms with Gasteiger partial charge in [0.2, 0.25) is 5.91 Å². The van der Waals surface area contributed by atoms with Crippen molar-refractivity contribution in [3.8, 4) is 0 Å². The fourth-order valence-electron chi connectivity index (χ4n) is 2.42. The normalized spacial score (nSPS) is 19.9. The minimum Gasteiger partial charge on any atom is -0.388 e. The van der Waals surface area contributed by atoms with E-state index in [0.29, 0.717) is 23.2 Å². The molecule has 0 radical (unpaired) electrons. The van der Waals surface area contributed by atoms with Crippen LogP contribution in [0.15, 0.2) is 12.1 Å². The smallest absolute Gasteiger partial charge is 0.232 e. The molecule has 0 saturated carbocycles. The fraction of sp³-hybridized carbons (Fsp3) is 0.500. The second-order valence-electron chi connectivity index (χ2n) is 5.10. The highest BCUT2D eigenvalue weighted by atomic mass is 19.1. The van der Waals surface area contributed by atoms with Gasteiger partial charge in [-0.25, -0.2) is 4.39 Å². The van der Waals surface area contributed by atoms with Crippen molar-refractivity contribution in [3.05, 3.63) is 29.1 Å². The average molecular weight is 251 g/mol. The summed E-state index contributed by atoms with van der Waals surface area (Å²) in [6, 6.07) is 2.69. The van der Waals surface area contributed by atoms with Crippen LogP contribution in [0, 0.1) is 11.7 Å². The third-order valence-electron chi connectivity index (χ3n) is 3.46. The van der Waals surface area contributed by atoms with E-state index >= 15 is 0 Å². The zero-order chi connectivity index (χ0) is 13.4. The van der Waals surface area contributed by atoms with Gasteiger partial charge in [-0.05, 0) is 30.0 Å². The summed E-state index contributed by atoms with van der Waals surface area (Å²) in [7, 11) is 0. The second kappa shape index (κ2) is 4.69. The van der Waals surface area contributed by atoms with Crippen LogP contribution in [0.3, 0.4) is 0 Å². The minimum atomic E-state index is -0.773. The number of aliphatic hydroxyl groups excluding tert-OH is 1. The minimum absolute atomic E-state index is 0.0338. The Kier molecular flexibility index (Phi) is 3.39. The molecule has 1 aliphatic heterocycles. The first-order chi connectivity index (χ1) is 8.45. The molecule has 1 aromatic rings. The van der Waals surface area contributed by atoms with Crippen LogP contribution < -0.4 is 5.32 Å². The highest BCUT2D eigenvalue weighted by molar-refractivity contribution is 6.03. The summed E-state index contributed by atoms with van der Waals surface area (Å²) in [5.41, 5.74) is 1.73. The molecule has 2 N–H and O–H groups in total. The number of carbonyl (C=O) groups excluding carboxylic acids is 1. The fourth-order valence-corrected chi connectivity index (χ4v) is 2.42. The van der Waals surface area contributed by atoms with Crippen LogP contribution in [0.2, 0.25) is 0 Å². The predicted molar refractivity (Wildman–Crippen MR) is 67.9 cm³/mol. The van der Waals surface area contributed by atoms with Gasteiger partial charge in [-0.3, -0.25) is 4.79 Å². The van der Waals surface area contributed by atoms with Crippen LogP contribution in [0.1, 0.15) is 50.3 Å². The predicted octanol–water partition coefficient (Wildman–Crippen LogP) is 2.96. The van der Waals surface area contributed by atoms with Gasteiger partial charge >= 0.3 is 0 Å². The van der Waals surface area contributed by atoms with Crippen LogP contribution in [0.4, 0.5) is 10.1 Å². The zero-order valence-electron chi connectivity index (χ0n) is 10.8. The van der Waals surface area contributed by atoms with Gasteiger partial charge in [-0.1, -0.05) is 20.8 Å². The number of rotatable bonds is 3. The molecule has 1 aromatic carbocycles. The first kappa shape index (κ1) is 13.0. The maximum absolute atomic E-state index is 13.6. The van der Waals surface area contributed by atoms with Gasteiger partial charge in [0.1, 0.15) is 5.82 Å². The molecule has 2 atom stereocenters.